The van der Waals surface area contributed by atoms with Gasteiger partial charge in [0.1, 0.15) is 0 Å². The number of aryl methyl sites for hydroxylation is 2. The number of rotatable bonds is 5. The normalized spacial score (nSPS) is 12.0. The first-order valence-electron chi connectivity index (χ1n) is 7.81. The van der Waals surface area contributed by atoms with Gasteiger partial charge in [0.15, 0.2) is 0 Å². The molecular weight excluding hydrogens is 336 g/mol. The molecule has 1 amide bonds. The number of anilines is 1. The van der Waals surface area contributed by atoms with Crippen molar-refractivity contribution in [2.24, 2.45) is 0 Å². The van der Waals surface area contributed by atoms with Crippen molar-refractivity contribution in [2.45, 2.75) is 31.2 Å². The number of pyridine rings is 1. The summed E-state index contributed by atoms with van der Waals surface area (Å²) in [6, 6.07) is 9.50. The summed E-state index contributed by atoms with van der Waals surface area (Å²) >= 11 is 1.23. The third-order valence-electron chi connectivity index (χ3n) is 3.62. The number of benzene rings is 1. The molecule has 2 heterocycles. The van der Waals surface area contributed by atoms with Gasteiger partial charge in [-0.05, 0) is 44.5 Å². The van der Waals surface area contributed by atoms with Crippen molar-refractivity contribution in [2.75, 3.05) is 5.32 Å². The van der Waals surface area contributed by atoms with E-state index in [-0.39, 0.29) is 11.2 Å². The highest BCUT2D eigenvalue weighted by molar-refractivity contribution is 8.00. The summed E-state index contributed by atoms with van der Waals surface area (Å²) in [6.45, 7) is 5.80. The number of amides is 1. The van der Waals surface area contributed by atoms with Gasteiger partial charge < -0.3 is 9.73 Å². The zero-order valence-electron chi connectivity index (χ0n) is 14.2. The van der Waals surface area contributed by atoms with E-state index >= 15 is 0 Å². The van der Waals surface area contributed by atoms with Crippen LogP contribution in [0.2, 0.25) is 0 Å². The minimum Gasteiger partial charge on any atom is -0.411 e. The zero-order chi connectivity index (χ0) is 17.8. The first-order valence-corrected chi connectivity index (χ1v) is 8.69. The lowest BCUT2D eigenvalue weighted by atomic mass is 10.1. The van der Waals surface area contributed by atoms with Crippen LogP contribution in [0.15, 0.2) is 52.4 Å². The van der Waals surface area contributed by atoms with Gasteiger partial charge in [0.2, 0.25) is 11.8 Å². The number of carbonyl (C=O) groups excluding carboxylic acids is 1. The van der Waals surface area contributed by atoms with E-state index in [9.17, 15) is 4.79 Å². The molecule has 1 aromatic carbocycles. The number of nitrogens with one attached hydrogen (secondary N) is 1. The molecule has 0 aliphatic rings. The molecule has 0 aliphatic carbocycles. The van der Waals surface area contributed by atoms with Crippen molar-refractivity contribution in [3.05, 3.63) is 53.9 Å². The molecule has 3 aromatic rings. The maximum absolute atomic E-state index is 12.4. The number of thioether (sulfide) groups is 1. The highest BCUT2D eigenvalue weighted by Gasteiger charge is 2.19. The molecule has 1 atom stereocenters. The fraction of sp³-hybridized carbons (Fsp3) is 0.222. The van der Waals surface area contributed by atoms with E-state index in [0.717, 1.165) is 22.4 Å². The molecule has 0 radical (unpaired) electrons. The van der Waals surface area contributed by atoms with Gasteiger partial charge in [0.05, 0.1) is 5.25 Å². The Balaban J connectivity index is 1.65. The van der Waals surface area contributed by atoms with Gasteiger partial charge in [0.25, 0.3) is 5.22 Å². The summed E-state index contributed by atoms with van der Waals surface area (Å²) < 4.78 is 5.61. The topological polar surface area (TPSA) is 80.9 Å². The lowest BCUT2D eigenvalue weighted by Crippen LogP contribution is -2.22. The van der Waals surface area contributed by atoms with Crippen molar-refractivity contribution in [3.63, 3.8) is 0 Å². The number of hydrogen-bond acceptors (Lipinski definition) is 6. The molecule has 0 unspecified atom stereocenters. The number of aromatic nitrogens is 3. The molecule has 0 spiro atoms. The van der Waals surface area contributed by atoms with Gasteiger partial charge in [-0.25, -0.2) is 0 Å². The molecule has 6 nitrogen and oxygen atoms in total. The van der Waals surface area contributed by atoms with Crippen LogP contribution in [0.25, 0.3) is 11.5 Å². The Kier molecular flexibility index (Phi) is 5.14. The van der Waals surface area contributed by atoms with Crippen LogP contribution in [0.1, 0.15) is 18.1 Å². The van der Waals surface area contributed by atoms with Crippen molar-refractivity contribution >= 4 is 23.4 Å². The van der Waals surface area contributed by atoms with Gasteiger partial charge in [-0.3, -0.25) is 9.78 Å². The Morgan fingerprint density at radius 1 is 1.16 bits per heavy atom. The molecule has 1 N–H and O–H groups in total. The molecule has 0 fully saturated rings. The highest BCUT2D eigenvalue weighted by Crippen LogP contribution is 2.27. The van der Waals surface area contributed by atoms with E-state index in [4.69, 9.17) is 4.42 Å². The molecular formula is C18H18N4O2S. The Labute approximate surface area is 150 Å². The van der Waals surface area contributed by atoms with E-state index in [1.807, 2.05) is 32.0 Å². The fourth-order valence-corrected chi connectivity index (χ4v) is 2.94. The van der Waals surface area contributed by atoms with Gasteiger partial charge in [-0.2, -0.15) is 0 Å². The second-order valence-corrected chi connectivity index (χ2v) is 6.97. The van der Waals surface area contributed by atoms with Crippen molar-refractivity contribution in [1.82, 2.24) is 15.2 Å². The largest absolute Gasteiger partial charge is 0.411 e. The second kappa shape index (κ2) is 7.48. The van der Waals surface area contributed by atoms with Crippen LogP contribution < -0.4 is 5.32 Å². The molecule has 0 saturated heterocycles. The van der Waals surface area contributed by atoms with Gasteiger partial charge in [0, 0.05) is 23.6 Å². The first kappa shape index (κ1) is 17.2. The Morgan fingerprint density at radius 3 is 2.64 bits per heavy atom. The highest BCUT2D eigenvalue weighted by atomic mass is 32.2. The third kappa shape index (κ3) is 4.24. The molecule has 0 saturated carbocycles. The predicted octanol–water partition coefficient (Wildman–Crippen LogP) is 3.87. The minimum absolute atomic E-state index is 0.111. The van der Waals surface area contributed by atoms with Gasteiger partial charge in [-0.15, -0.1) is 10.2 Å². The zero-order valence-corrected chi connectivity index (χ0v) is 15.0. The van der Waals surface area contributed by atoms with Crippen LogP contribution in [0.3, 0.4) is 0 Å². The summed E-state index contributed by atoms with van der Waals surface area (Å²) in [5.74, 6) is 0.299. The van der Waals surface area contributed by atoms with E-state index in [0.29, 0.717) is 11.1 Å². The molecule has 0 aliphatic heterocycles. The average Bonchev–Trinajstić information content (AvgIpc) is 3.06. The molecule has 3 rings (SSSR count). The van der Waals surface area contributed by atoms with Gasteiger partial charge in [-0.1, -0.05) is 29.5 Å². The van der Waals surface area contributed by atoms with Crippen LogP contribution >= 0.6 is 11.8 Å². The van der Waals surface area contributed by atoms with Crippen molar-refractivity contribution in [3.8, 4) is 11.5 Å². The number of hydrogen-bond donors (Lipinski definition) is 1. The smallest absolute Gasteiger partial charge is 0.277 e. The molecule has 7 heteroatoms. The van der Waals surface area contributed by atoms with E-state index in [1.165, 1.54) is 11.8 Å². The second-order valence-electron chi connectivity index (χ2n) is 5.68. The lowest BCUT2D eigenvalue weighted by molar-refractivity contribution is -0.115. The fourth-order valence-electron chi connectivity index (χ4n) is 2.26. The van der Waals surface area contributed by atoms with E-state index < -0.39 is 0 Å². The lowest BCUT2D eigenvalue weighted by Gasteiger charge is -2.12. The minimum atomic E-state index is -0.369. The monoisotopic (exact) mass is 354 g/mol. The van der Waals surface area contributed by atoms with E-state index in [2.05, 4.69) is 20.5 Å². The number of nitrogens with zero attached hydrogens (tertiary/aromatic N) is 3. The summed E-state index contributed by atoms with van der Waals surface area (Å²) in [4.78, 5) is 16.4. The molecule has 25 heavy (non-hydrogen) atoms. The summed E-state index contributed by atoms with van der Waals surface area (Å²) in [6.07, 6.45) is 3.32. The quantitative estimate of drug-likeness (QED) is 0.701. The van der Waals surface area contributed by atoms with E-state index in [1.54, 1.807) is 31.5 Å². The SMILES string of the molecule is Cc1ccc(NC(=O)[C@@H](C)Sc2nnc(-c3ccncc3)o2)c(C)c1. The summed E-state index contributed by atoms with van der Waals surface area (Å²) in [7, 11) is 0. The van der Waals surface area contributed by atoms with Crippen molar-refractivity contribution in [1.29, 1.82) is 0 Å². The maximum atomic E-state index is 12.4. The first-order chi connectivity index (χ1) is 12.0. The van der Waals surface area contributed by atoms with Crippen LogP contribution in [-0.4, -0.2) is 26.3 Å². The third-order valence-corrected chi connectivity index (χ3v) is 4.55. The summed E-state index contributed by atoms with van der Waals surface area (Å²) in [5.41, 5.74) is 3.79. The van der Waals surface area contributed by atoms with Crippen molar-refractivity contribution < 1.29 is 9.21 Å². The Morgan fingerprint density at radius 2 is 1.92 bits per heavy atom. The number of carbonyl (C=O) groups is 1. The Hall–Kier alpha value is -2.67. The van der Waals surface area contributed by atoms with Crippen LogP contribution in [0, 0.1) is 13.8 Å². The molecule has 0 bridgehead atoms. The molecule has 128 valence electrons. The Bertz CT molecular complexity index is 880. The maximum Gasteiger partial charge on any atom is 0.277 e. The summed E-state index contributed by atoms with van der Waals surface area (Å²) in [5, 5.41) is 10.9. The van der Waals surface area contributed by atoms with Crippen LogP contribution in [-0.2, 0) is 4.79 Å². The standard InChI is InChI=1S/C18H18N4O2S/c1-11-4-5-15(12(2)10-11)20-16(23)13(3)25-18-22-21-17(24-18)14-6-8-19-9-7-14/h4-10,13H,1-3H3,(H,20,23)/t13-/m1/s1. The predicted molar refractivity (Wildman–Crippen MR) is 97.4 cm³/mol. The van der Waals surface area contributed by atoms with Crippen LogP contribution in [0.4, 0.5) is 5.69 Å². The van der Waals surface area contributed by atoms with Gasteiger partial charge >= 0.3 is 0 Å². The molecule has 2 aromatic heterocycles. The average molecular weight is 354 g/mol. The van der Waals surface area contributed by atoms with Crippen LogP contribution in [0.5, 0.6) is 0 Å².